The number of amides is 1. The number of carbonyl (C=O) groups excluding carboxylic acids is 1. The molecule has 0 aliphatic carbocycles. The molecule has 5 rings (SSSR count). The predicted octanol–water partition coefficient (Wildman–Crippen LogP) is 4.53. The van der Waals surface area contributed by atoms with Crippen LogP contribution in [-0.2, 0) is 14.6 Å². The minimum absolute atomic E-state index is 0.0819. The van der Waals surface area contributed by atoms with Crippen molar-refractivity contribution in [2.45, 2.75) is 32.1 Å². The molecule has 166 valence electrons. The van der Waals surface area contributed by atoms with Crippen molar-refractivity contribution in [3.63, 3.8) is 0 Å². The molecular weight excluding hydrogens is 462 g/mol. The van der Waals surface area contributed by atoms with Crippen LogP contribution in [-0.4, -0.2) is 47.3 Å². The molecule has 0 radical (unpaired) electrons. The molecular formula is C23H23N3O3S3. The average Bonchev–Trinajstić information content (AvgIpc) is 3.37. The second-order valence-electron chi connectivity index (χ2n) is 8.59. The van der Waals surface area contributed by atoms with E-state index < -0.39 is 9.84 Å². The van der Waals surface area contributed by atoms with E-state index in [0.717, 1.165) is 26.5 Å². The molecule has 9 heteroatoms. The second-order valence-corrected chi connectivity index (χ2v) is 13.0. The van der Waals surface area contributed by atoms with Gasteiger partial charge in [0.05, 0.1) is 27.8 Å². The van der Waals surface area contributed by atoms with Crippen molar-refractivity contribution in [2.24, 2.45) is 10.9 Å². The maximum absolute atomic E-state index is 12.3. The van der Waals surface area contributed by atoms with Crippen LogP contribution < -0.4 is 4.90 Å². The van der Waals surface area contributed by atoms with E-state index >= 15 is 0 Å². The van der Waals surface area contributed by atoms with Crippen molar-refractivity contribution in [3.8, 4) is 10.6 Å². The summed E-state index contributed by atoms with van der Waals surface area (Å²) in [4.78, 5) is 23.3. The Kier molecular flexibility index (Phi) is 5.38. The van der Waals surface area contributed by atoms with Crippen LogP contribution >= 0.6 is 23.1 Å². The van der Waals surface area contributed by atoms with Gasteiger partial charge in [0.2, 0.25) is 0 Å². The van der Waals surface area contributed by atoms with Gasteiger partial charge in [0.1, 0.15) is 5.01 Å². The number of nitrogens with zero attached hydrogens (tertiary/aromatic N) is 3. The summed E-state index contributed by atoms with van der Waals surface area (Å²) in [5.41, 5.74) is 4.04. The first-order valence-electron chi connectivity index (χ1n) is 10.5. The molecule has 1 amide bonds. The Bertz CT molecular complexity index is 1340. The maximum atomic E-state index is 12.3. The highest BCUT2D eigenvalue weighted by molar-refractivity contribution is 8.16. The second kappa shape index (κ2) is 7.97. The minimum atomic E-state index is -3.09. The summed E-state index contributed by atoms with van der Waals surface area (Å²) in [6, 6.07) is 14.0. The molecule has 3 heterocycles. The molecule has 2 saturated heterocycles. The standard InChI is InChI=1S/C23H23N3O3S3/c1-13(2)21(27)25-23-26(18-11-32(28,29)12-20(18)31-23)16-7-5-15(6-8-16)22-24-17-9-4-14(3)10-19(17)30-22/h4-10,13,18,20H,11-12H2,1-3H3/t18-,20-/m0/s1. The first-order chi connectivity index (χ1) is 15.2. The zero-order valence-corrected chi connectivity index (χ0v) is 20.4. The van der Waals surface area contributed by atoms with Crippen LogP contribution in [0.5, 0.6) is 0 Å². The van der Waals surface area contributed by atoms with Gasteiger partial charge in [-0.15, -0.1) is 11.3 Å². The summed E-state index contributed by atoms with van der Waals surface area (Å²) in [7, 11) is -3.09. The summed E-state index contributed by atoms with van der Waals surface area (Å²) in [6.07, 6.45) is 0. The van der Waals surface area contributed by atoms with Crippen molar-refractivity contribution in [2.75, 3.05) is 16.4 Å². The number of hydrogen-bond donors (Lipinski definition) is 0. The third kappa shape index (κ3) is 3.97. The van der Waals surface area contributed by atoms with Crippen LogP contribution in [0.1, 0.15) is 19.4 Å². The Morgan fingerprint density at radius 3 is 2.62 bits per heavy atom. The summed E-state index contributed by atoms with van der Waals surface area (Å²) in [5, 5.41) is 1.43. The van der Waals surface area contributed by atoms with Crippen molar-refractivity contribution < 1.29 is 13.2 Å². The Hall–Kier alpha value is -2.23. The Labute approximate surface area is 195 Å². The van der Waals surface area contributed by atoms with E-state index in [0.29, 0.717) is 5.17 Å². The summed E-state index contributed by atoms with van der Waals surface area (Å²) in [5.74, 6) is -0.198. The normalized spacial score (nSPS) is 23.4. The molecule has 6 nitrogen and oxygen atoms in total. The fraction of sp³-hybridized carbons (Fsp3) is 0.348. The smallest absolute Gasteiger partial charge is 0.250 e. The largest absolute Gasteiger partial charge is 0.316 e. The summed E-state index contributed by atoms with van der Waals surface area (Å²) < 4.78 is 25.7. The molecule has 2 atom stereocenters. The highest BCUT2D eigenvalue weighted by atomic mass is 32.2. The van der Waals surface area contributed by atoms with Gasteiger partial charge in [-0.25, -0.2) is 13.4 Å². The van der Waals surface area contributed by atoms with Gasteiger partial charge in [-0.2, -0.15) is 4.99 Å². The molecule has 2 aliphatic heterocycles. The molecule has 2 aliphatic rings. The zero-order chi connectivity index (χ0) is 22.6. The molecule has 1 aromatic heterocycles. The van der Waals surface area contributed by atoms with Crippen LogP contribution in [0.25, 0.3) is 20.8 Å². The number of thioether (sulfide) groups is 1. The minimum Gasteiger partial charge on any atom is -0.316 e. The number of aromatic nitrogens is 1. The lowest BCUT2D eigenvalue weighted by atomic mass is 10.1. The first kappa shape index (κ1) is 21.6. The number of anilines is 1. The van der Waals surface area contributed by atoms with Crippen LogP contribution in [0.15, 0.2) is 47.5 Å². The topological polar surface area (TPSA) is 79.7 Å². The van der Waals surface area contributed by atoms with Gasteiger partial charge in [0.15, 0.2) is 15.0 Å². The highest BCUT2D eigenvalue weighted by Gasteiger charge is 2.49. The molecule has 2 aromatic carbocycles. The van der Waals surface area contributed by atoms with Gasteiger partial charge in [0.25, 0.3) is 5.91 Å². The van der Waals surface area contributed by atoms with Gasteiger partial charge >= 0.3 is 0 Å². The molecule has 2 fully saturated rings. The SMILES string of the molecule is Cc1ccc2nc(-c3ccc(N4C(=NC(=O)C(C)C)S[C@H]5CS(=O)(=O)C[C@@H]54)cc3)sc2c1. The van der Waals surface area contributed by atoms with Crippen molar-refractivity contribution in [3.05, 3.63) is 48.0 Å². The van der Waals surface area contributed by atoms with Crippen molar-refractivity contribution in [1.82, 2.24) is 4.98 Å². The molecule has 0 N–H and O–H groups in total. The van der Waals surface area contributed by atoms with Gasteiger partial charge in [-0.05, 0) is 48.9 Å². The fourth-order valence-electron chi connectivity index (χ4n) is 4.01. The van der Waals surface area contributed by atoms with Gasteiger partial charge < -0.3 is 4.90 Å². The van der Waals surface area contributed by atoms with Gasteiger partial charge in [0, 0.05) is 22.4 Å². The first-order valence-corrected chi connectivity index (χ1v) is 14.0. The number of amidine groups is 1. The molecule has 0 bridgehead atoms. The number of hydrogen-bond acceptors (Lipinski definition) is 6. The fourth-order valence-corrected chi connectivity index (χ4v) is 9.00. The monoisotopic (exact) mass is 485 g/mol. The van der Waals surface area contributed by atoms with E-state index in [9.17, 15) is 13.2 Å². The quantitative estimate of drug-likeness (QED) is 0.542. The number of benzene rings is 2. The van der Waals surface area contributed by atoms with Crippen LogP contribution in [0.3, 0.4) is 0 Å². The maximum Gasteiger partial charge on any atom is 0.250 e. The third-order valence-corrected chi connectivity index (χ3v) is 9.98. The van der Waals surface area contributed by atoms with E-state index in [-0.39, 0.29) is 34.6 Å². The molecule has 32 heavy (non-hydrogen) atoms. The zero-order valence-electron chi connectivity index (χ0n) is 18.0. The lowest BCUT2D eigenvalue weighted by Gasteiger charge is -2.24. The molecule has 0 spiro atoms. The van der Waals surface area contributed by atoms with E-state index in [1.54, 1.807) is 11.3 Å². The van der Waals surface area contributed by atoms with Gasteiger partial charge in [-0.1, -0.05) is 31.7 Å². The lowest BCUT2D eigenvalue weighted by molar-refractivity contribution is -0.120. The highest BCUT2D eigenvalue weighted by Crippen LogP contribution is 2.41. The average molecular weight is 486 g/mol. The van der Waals surface area contributed by atoms with Crippen LogP contribution in [0.2, 0.25) is 0 Å². The van der Waals surface area contributed by atoms with E-state index in [4.69, 9.17) is 4.98 Å². The number of aliphatic imine (C=N–C) groups is 1. The molecule has 0 unspecified atom stereocenters. The Balaban J connectivity index is 1.50. The van der Waals surface area contributed by atoms with E-state index in [2.05, 4.69) is 24.0 Å². The number of rotatable bonds is 3. The Morgan fingerprint density at radius 2 is 1.91 bits per heavy atom. The summed E-state index contributed by atoms with van der Waals surface area (Å²) in [6.45, 7) is 5.70. The number of sulfone groups is 1. The van der Waals surface area contributed by atoms with Gasteiger partial charge in [-0.3, -0.25) is 4.79 Å². The van der Waals surface area contributed by atoms with Crippen molar-refractivity contribution >= 4 is 59.9 Å². The lowest BCUT2D eigenvalue weighted by Crippen LogP contribution is -2.37. The number of aryl methyl sites for hydroxylation is 1. The molecule has 3 aromatic rings. The third-order valence-electron chi connectivity index (χ3n) is 5.70. The summed E-state index contributed by atoms with van der Waals surface area (Å²) >= 11 is 3.06. The molecule has 0 saturated carbocycles. The predicted molar refractivity (Wildman–Crippen MR) is 133 cm³/mol. The van der Waals surface area contributed by atoms with E-state index in [1.165, 1.54) is 17.3 Å². The van der Waals surface area contributed by atoms with Crippen LogP contribution in [0, 0.1) is 12.8 Å². The van der Waals surface area contributed by atoms with Crippen LogP contribution in [0.4, 0.5) is 5.69 Å². The van der Waals surface area contributed by atoms with Crippen molar-refractivity contribution in [1.29, 1.82) is 0 Å². The number of fused-ring (bicyclic) bond motifs is 2. The number of carbonyl (C=O) groups is 1. The van der Waals surface area contributed by atoms with E-state index in [1.807, 2.05) is 49.1 Å². The Morgan fingerprint density at radius 1 is 1.16 bits per heavy atom. The number of thiazole rings is 1.